The van der Waals surface area contributed by atoms with Crippen LogP contribution < -0.4 is 5.32 Å². The van der Waals surface area contributed by atoms with E-state index in [0.717, 1.165) is 0 Å². The molecule has 0 radical (unpaired) electrons. The standard InChI is InChI=1S/C35H36N4O7/c40-29-20-36-24-37-31-30(29)38-25-39(31)19-11-10-18-35(32(41)44-21-26-12-4-1-5-13-26,33(42)45-22-27-14-6-2-7-15-27)34(43)46-23-28-16-8-3-9-17-28/h1-9,12-17,24-25,29,40H,10-11,18-23H2,(H,36,37). The summed E-state index contributed by atoms with van der Waals surface area (Å²) in [7, 11) is 0. The topological polar surface area (TPSA) is 141 Å². The van der Waals surface area contributed by atoms with Crippen molar-refractivity contribution in [2.75, 3.05) is 11.9 Å². The van der Waals surface area contributed by atoms with Gasteiger partial charge in [0.05, 0.1) is 19.2 Å². The molecule has 4 aromatic rings. The highest BCUT2D eigenvalue weighted by Crippen LogP contribution is 2.33. The van der Waals surface area contributed by atoms with Crippen molar-refractivity contribution in [2.24, 2.45) is 10.4 Å². The van der Waals surface area contributed by atoms with Gasteiger partial charge in [-0.15, -0.1) is 0 Å². The third-order valence-corrected chi connectivity index (χ3v) is 7.64. The molecule has 0 saturated carbocycles. The highest BCUT2D eigenvalue weighted by Gasteiger charge is 2.57. The van der Waals surface area contributed by atoms with Gasteiger partial charge in [-0.2, -0.15) is 0 Å². The summed E-state index contributed by atoms with van der Waals surface area (Å²) < 4.78 is 18.7. The number of unbranched alkanes of at least 4 members (excludes halogenated alkanes) is 1. The Morgan fingerprint density at radius 1 is 0.761 bits per heavy atom. The summed E-state index contributed by atoms with van der Waals surface area (Å²) in [5, 5.41) is 13.4. The first-order chi connectivity index (χ1) is 22.5. The number of rotatable bonds is 14. The van der Waals surface area contributed by atoms with Gasteiger partial charge in [-0.1, -0.05) is 91.0 Å². The van der Waals surface area contributed by atoms with Crippen LogP contribution in [0.1, 0.15) is 47.8 Å². The molecule has 0 saturated heterocycles. The Labute approximate surface area is 266 Å². The average molecular weight is 625 g/mol. The smallest absolute Gasteiger partial charge is 0.335 e. The Bertz CT molecular complexity index is 1490. The van der Waals surface area contributed by atoms with E-state index in [-0.39, 0.29) is 39.2 Å². The number of hydrogen-bond donors (Lipinski definition) is 2. The number of carbonyl (C=O) groups excluding carboxylic acids is 3. The lowest BCUT2D eigenvalue weighted by Gasteiger charge is -2.28. The molecule has 1 aliphatic rings. The summed E-state index contributed by atoms with van der Waals surface area (Å²) in [5.41, 5.74) is 0.188. The third-order valence-electron chi connectivity index (χ3n) is 7.64. The highest BCUT2D eigenvalue weighted by atomic mass is 16.6. The highest BCUT2D eigenvalue weighted by molar-refractivity contribution is 6.17. The third kappa shape index (κ3) is 7.86. The van der Waals surface area contributed by atoms with Crippen LogP contribution in [0.5, 0.6) is 0 Å². The van der Waals surface area contributed by atoms with E-state index >= 15 is 0 Å². The van der Waals surface area contributed by atoms with Gasteiger partial charge in [-0.3, -0.25) is 19.4 Å². The number of fused-ring (bicyclic) bond motifs is 1. The summed E-state index contributed by atoms with van der Waals surface area (Å²) in [6, 6.07) is 27.0. The first-order valence-corrected chi connectivity index (χ1v) is 15.1. The van der Waals surface area contributed by atoms with Crippen LogP contribution in [-0.4, -0.2) is 45.4 Å². The van der Waals surface area contributed by atoms with Crippen molar-refractivity contribution >= 4 is 30.1 Å². The van der Waals surface area contributed by atoms with Gasteiger partial charge >= 0.3 is 17.9 Å². The number of aromatic nitrogens is 2. The van der Waals surface area contributed by atoms with Crippen molar-refractivity contribution in [3.8, 4) is 0 Å². The zero-order valence-electron chi connectivity index (χ0n) is 25.3. The van der Waals surface area contributed by atoms with Gasteiger partial charge in [-0.05, 0) is 36.0 Å². The van der Waals surface area contributed by atoms with Gasteiger partial charge in [0.1, 0.15) is 37.4 Å². The molecular weight excluding hydrogens is 588 g/mol. The zero-order chi connectivity index (χ0) is 32.2. The van der Waals surface area contributed by atoms with Crippen LogP contribution in [0.4, 0.5) is 5.82 Å². The molecule has 0 bridgehead atoms. The fourth-order valence-electron chi connectivity index (χ4n) is 5.08. The van der Waals surface area contributed by atoms with Crippen LogP contribution in [-0.2, 0) is 55.0 Å². The SMILES string of the molecule is O=C(OCc1ccccc1)C(CCCCn1cnc2c1NC=NCC2O)(C(=O)OCc1ccccc1)C(=O)OCc1ccccc1. The van der Waals surface area contributed by atoms with Gasteiger partial charge in [0, 0.05) is 6.54 Å². The summed E-state index contributed by atoms with van der Waals surface area (Å²) in [4.78, 5) is 50.2. The normalized spacial score (nSPS) is 14.0. The first kappa shape index (κ1) is 32.1. The van der Waals surface area contributed by atoms with Crippen LogP contribution >= 0.6 is 0 Å². The summed E-state index contributed by atoms with van der Waals surface area (Å²) >= 11 is 0. The minimum Gasteiger partial charge on any atom is -0.460 e. The van der Waals surface area contributed by atoms with Crippen molar-refractivity contribution < 1.29 is 33.7 Å². The first-order valence-electron chi connectivity index (χ1n) is 15.1. The Hall–Kier alpha value is -5.29. The van der Waals surface area contributed by atoms with Crippen LogP contribution in [0.25, 0.3) is 0 Å². The maximum Gasteiger partial charge on any atom is 0.335 e. The van der Waals surface area contributed by atoms with E-state index in [9.17, 15) is 19.5 Å². The summed E-state index contributed by atoms with van der Waals surface area (Å²) in [6.45, 7) is 0.187. The monoisotopic (exact) mass is 624 g/mol. The molecule has 0 spiro atoms. The van der Waals surface area contributed by atoms with Crippen molar-refractivity contribution in [2.45, 2.75) is 51.7 Å². The van der Waals surface area contributed by atoms with Gasteiger partial charge in [0.2, 0.25) is 0 Å². The molecule has 46 heavy (non-hydrogen) atoms. The second-order valence-corrected chi connectivity index (χ2v) is 10.9. The number of esters is 3. The van der Waals surface area contributed by atoms with Crippen LogP contribution in [0.2, 0.25) is 0 Å². The lowest BCUT2D eigenvalue weighted by Crippen LogP contribution is -2.49. The molecule has 1 aliphatic heterocycles. The Balaban J connectivity index is 1.38. The predicted octanol–water partition coefficient (Wildman–Crippen LogP) is 4.76. The minimum atomic E-state index is -2.37. The number of hydrogen-bond acceptors (Lipinski definition) is 10. The van der Waals surface area contributed by atoms with Crippen molar-refractivity contribution in [3.63, 3.8) is 0 Å². The summed E-state index contributed by atoms with van der Waals surface area (Å²) in [5.74, 6) is -2.51. The van der Waals surface area contributed by atoms with Crippen LogP contribution in [0.15, 0.2) is 102 Å². The van der Waals surface area contributed by atoms with Crippen molar-refractivity contribution in [3.05, 3.63) is 120 Å². The zero-order valence-corrected chi connectivity index (χ0v) is 25.3. The molecule has 0 amide bonds. The number of aryl methyl sites for hydroxylation is 1. The molecule has 5 rings (SSSR count). The lowest BCUT2D eigenvalue weighted by molar-refractivity contribution is -0.187. The number of aliphatic hydroxyl groups excluding tert-OH is 1. The number of anilines is 1. The quantitative estimate of drug-likeness (QED) is 0.0879. The molecule has 2 N–H and O–H groups in total. The predicted molar refractivity (Wildman–Crippen MR) is 169 cm³/mol. The minimum absolute atomic E-state index is 0.143. The maximum atomic E-state index is 13.9. The fourth-order valence-corrected chi connectivity index (χ4v) is 5.08. The molecule has 11 heteroatoms. The van der Waals surface area contributed by atoms with Gasteiger partial charge in [-0.25, -0.2) is 4.98 Å². The molecule has 0 aliphatic carbocycles. The number of imidazole rings is 1. The number of carbonyl (C=O) groups is 3. The average Bonchev–Trinajstić information content (AvgIpc) is 3.41. The fraction of sp³-hybridized carbons (Fsp3) is 0.286. The maximum absolute atomic E-state index is 13.9. The van der Waals surface area contributed by atoms with E-state index in [2.05, 4.69) is 15.3 Å². The largest absolute Gasteiger partial charge is 0.460 e. The number of benzene rings is 3. The molecule has 3 aromatic carbocycles. The molecule has 11 nitrogen and oxygen atoms in total. The van der Waals surface area contributed by atoms with E-state index in [1.54, 1.807) is 79.1 Å². The van der Waals surface area contributed by atoms with Crippen molar-refractivity contribution in [1.82, 2.24) is 9.55 Å². The molecule has 1 unspecified atom stereocenters. The van der Waals surface area contributed by atoms with Crippen molar-refractivity contribution in [1.29, 1.82) is 0 Å². The second kappa shape index (κ2) is 15.6. The lowest BCUT2D eigenvalue weighted by atomic mass is 9.82. The number of nitrogens with one attached hydrogen (secondary N) is 1. The number of nitrogens with zero attached hydrogens (tertiary/aromatic N) is 3. The van der Waals surface area contributed by atoms with Gasteiger partial charge in [0.25, 0.3) is 5.41 Å². The van der Waals surface area contributed by atoms with E-state index in [4.69, 9.17) is 14.2 Å². The molecule has 1 atom stereocenters. The molecule has 1 aromatic heterocycles. The van der Waals surface area contributed by atoms with Gasteiger partial charge < -0.3 is 29.2 Å². The van der Waals surface area contributed by atoms with Crippen LogP contribution in [0.3, 0.4) is 0 Å². The Kier molecular flexibility index (Phi) is 10.9. The number of aliphatic hydroxyl groups is 1. The molecular formula is C35H36N4O7. The Morgan fingerprint density at radius 2 is 1.24 bits per heavy atom. The van der Waals surface area contributed by atoms with E-state index < -0.39 is 29.4 Å². The van der Waals surface area contributed by atoms with E-state index in [1.807, 2.05) is 22.8 Å². The van der Waals surface area contributed by atoms with E-state index in [0.29, 0.717) is 41.2 Å². The molecule has 0 fully saturated rings. The van der Waals surface area contributed by atoms with Crippen LogP contribution in [0, 0.1) is 5.41 Å². The van der Waals surface area contributed by atoms with E-state index in [1.165, 1.54) is 6.34 Å². The number of aliphatic imine (C=N–C) groups is 1. The molecule has 2 heterocycles. The summed E-state index contributed by atoms with van der Waals surface area (Å²) in [6.07, 6.45) is 2.76. The molecule has 238 valence electrons. The second-order valence-electron chi connectivity index (χ2n) is 10.9. The number of ether oxygens (including phenoxy) is 3. The van der Waals surface area contributed by atoms with Gasteiger partial charge in [0.15, 0.2) is 0 Å². The Morgan fingerprint density at radius 3 is 1.72 bits per heavy atom.